The van der Waals surface area contributed by atoms with Crippen molar-refractivity contribution >= 4 is 5.97 Å². The van der Waals surface area contributed by atoms with Crippen LogP contribution in [0, 0.1) is 0 Å². The first-order valence-electron chi connectivity index (χ1n) is 6.18. The highest BCUT2D eigenvalue weighted by molar-refractivity contribution is 5.69. The van der Waals surface area contributed by atoms with Crippen molar-refractivity contribution in [1.29, 1.82) is 0 Å². The smallest absolute Gasteiger partial charge is 0.307 e. The van der Waals surface area contributed by atoms with Crippen LogP contribution < -0.4 is 0 Å². The molecule has 1 rings (SSSR count). The fourth-order valence-corrected chi connectivity index (χ4v) is 2.14. The molecule has 0 aliphatic carbocycles. The number of piperidine rings is 1. The van der Waals surface area contributed by atoms with Crippen LogP contribution in [-0.4, -0.2) is 62.1 Å². The van der Waals surface area contributed by atoms with E-state index < -0.39 is 0 Å². The quantitative estimate of drug-likeness (QED) is 0.656. The van der Waals surface area contributed by atoms with E-state index >= 15 is 0 Å². The number of nitrogens with zero attached hydrogens (tertiary/aromatic N) is 2. The molecule has 0 spiro atoms. The van der Waals surface area contributed by atoms with Crippen molar-refractivity contribution in [3.63, 3.8) is 0 Å². The molecule has 94 valence electrons. The van der Waals surface area contributed by atoms with Gasteiger partial charge < -0.3 is 14.5 Å². The van der Waals surface area contributed by atoms with Gasteiger partial charge in [-0.1, -0.05) is 0 Å². The largest absolute Gasteiger partial charge is 0.466 e. The minimum atomic E-state index is -0.0720. The first kappa shape index (κ1) is 13.5. The van der Waals surface area contributed by atoms with Gasteiger partial charge in [0.15, 0.2) is 0 Å². The second-order valence-corrected chi connectivity index (χ2v) is 4.59. The fourth-order valence-electron chi connectivity index (χ4n) is 2.14. The van der Waals surface area contributed by atoms with Crippen LogP contribution in [0.4, 0.5) is 0 Å². The van der Waals surface area contributed by atoms with Crippen LogP contribution in [-0.2, 0) is 9.53 Å². The fraction of sp³-hybridized carbons (Fsp3) is 0.917. The van der Waals surface area contributed by atoms with Crippen LogP contribution in [0.1, 0.15) is 26.2 Å². The minimum Gasteiger partial charge on any atom is -0.466 e. The Labute approximate surface area is 98.5 Å². The second kappa shape index (κ2) is 6.86. The van der Waals surface area contributed by atoms with E-state index in [4.69, 9.17) is 4.74 Å². The third-order valence-corrected chi connectivity index (χ3v) is 3.22. The lowest BCUT2D eigenvalue weighted by Crippen LogP contribution is -2.42. The summed E-state index contributed by atoms with van der Waals surface area (Å²) in [5.74, 6) is -0.0720. The molecular weight excluding hydrogens is 204 g/mol. The van der Waals surface area contributed by atoms with E-state index in [1.807, 2.05) is 6.92 Å². The van der Waals surface area contributed by atoms with Crippen LogP contribution in [0.5, 0.6) is 0 Å². The van der Waals surface area contributed by atoms with Gasteiger partial charge in [-0.2, -0.15) is 0 Å². The van der Waals surface area contributed by atoms with Crippen LogP contribution in [0.3, 0.4) is 0 Å². The van der Waals surface area contributed by atoms with Gasteiger partial charge in [-0.3, -0.25) is 4.79 Å². The zero-order valence-corrected chi connectivity index (χ0v) is 10.7. The third-order valence-electron chi connectivity index (χ3n) is 3.22. The van der Waals surface area contributed by atoms with Gasteiger partial charge in [0.25, 0.3) is 0 Å². The van der Waals surface area contributed by atoms with Crippen molar-refractivity contribution < 1.29 is 9.53 Å². The van der Waals surface area contributed by atoms with E-state index in [0.717, 1.165) is 19.6 Å². The van der Waals surface area contributed by atoms with Crippen LogP contribution in [0.2, 0.25) is 0 Å². The second-order valence-electron chi connectivity index (χ2n) is 4.59. The lowest BCUT2D eigenvalue weighted by Gasteiger charge is -2.34. The molecule has 0 atom stereocenters. The molecule has 0 saturated carbocycles. The van der Waals surface area contributed by atoms with Crippen LogP contribution >= 0.6 is 0 Å². The monoisotopic (exact) mass is 228 g/mol. The number of carbonyl (C=O) groups excluding carboxylic acids is 1. The predicted octanol–water partition coefficient (Wildman–Crippen LogP) is 0.966. The predicted molar refractivity (Wildman–Crippen MR) is 64.4 cm³/mol. The molecule has 0 aromatic rings. The molecule has 4 heteroatoms. The number of hydrogen-bond donors (Lipinski definition) is 0. The minimum absolute atomic E-state index is 0.0720. The highest BCUT2D eigenvalue weighted by Crippen LogP contribution is 2.14. The van der Waals surface area contributed by atoms with Gasteiger partial charge >= 0.3 is 5.97 Å². The van der Waals surface area contributed by atoms with Gasteiger partial charge in [0, 0.05) is 12.6 Å². The Balaban J connectivity index is 2.15. The van der Waals surface area contributed by atoms with Crippen molar-refractivity contribution in [2.75, 3.05) is 40.3 Å². The average Bonchev–Trinajstić information content (AvgIpc) is 2.27. The zero-order chi connectivity index (χ0) is 12.0. The summed E-state index contributed by atoms with van der Waals surface area (Å²) in [7, 11) is 4.28. The summed E-state index contributed by atoms with van der Waals surface area (Å²) in [4.78, 5) is 15.9. The van der Waals surface area contributed by atoms with E-state index in [0.29, 0.717) is 19.1 Å². The molecule has 1 fully saturated rings. The third kappa shape index (κ3) is 4.49. The maximum Gasteiger partial charge on any atom is 0.307 e. The van der Waals surface area contributed by atoms with Gasteiger partial charge in [0.2, 0.25) is 0 Å². The molecule has 1 saturated heterocycles. The molecule has 0 aromatic heterocycles. The summed E-state index contributed by atoms with van der Waals surface area (Å²) >= 11 is 0. The van der Waals surface area contributed by atoms with Crippen LogP contribution in [0.15, 0.2) is 0 Å². The molecular formula is C12H24N2O2. The van der Waals surface area contributed by atoms with Gasteiger partial charge in [-0.05, 0) is 47.0 Å². The summed E-state index contributed by atoms with van der Waals surface area (Å²) in [5, 5.41) is 0. The number of carbonyl (C=O) groups is 1. The molecule has 0 aromatic carbocycles. The van der Waals surface area contributed by atoms with E-state index in [1.165, 1.54) is 12.8 Å². The molecule has 0 N–H and O–H groups in total. The zero-order valence-electron chi connectivity index (χ0n) is 10.7. The highest BCUT2D eigenvalue weighted by Gasteiger charge is 2.20. The molecule has 0 amide bonds. The maximum atomic E-state index is 11.2. The Kier molecular flexibility index (Phi) is 5.77. The Bertz CT molecular complexity index is 211. The van der Waals surface area contributed by atoms with Crippen molar-refractivity contribution in [2.45, 2.75) is 32.2 Å². The summed E-state index contributed by atoms with van der Waals surface area (Å²) in [5.41, 5.74) is 0. The Morgan fingerprint density at radius 3 is 2.50 bits per heavy atom. The van der Waals surface area contributed by atoms with E-state index in [2.05, 4.69) is 23.9 Å². The SMILES string of the molecule is CCOC(=O)CCN1CCC(N(C)C)CC1. The van der Waals surface area contributed by atoms with Gasteiger partial charge in [0.1, 0.15) is 0 Å². The molecule has 0 unspecified atom stereocenters. The van der Waals surface area contributed by atoms with E-state index in [-0.39, 0.29) is 5.97 Å². The van der Waals surface area contributed by atoms with Crippen molar-refractivity contribution in [3.8, 4) is 0 Å². The Hall–Kier alpha value is -0.610. The molecule has 4 nitrogen and oxygen atoms in total. The summed E-state index contributed by atoms with van der Waals surface area (Å²) in [6.07, 6.45) is 2.94. The average molecular weight is 228 g/mol. The number of rotatable bonds is 5. The first-order valence-corrected chi connectivity index (χ1v) is 6.18. The lowest BCUT2D eigenvalue weighted by atomic mass is 10.0. The lowest BCUT2D eigenvalue weighted by molar-refractivity contribution is -0.143. The number of hydrogen-bond acceptors (Lipinski definition) is 4. The normalized spacial score (nSPS) is 19.0. The Morgan fingerprint density at radius 1 is 1.38 bits per heavy atom. The Morgan fingerprint density at radius 2 is 2.00 bits per heavy atom. The number of ether oxygens (including phenoxy) is 1. The maximum absolute atomic E-state index is 11.2. The molecule has 1 aliphatic heterocycles. The highest BCUT2D eigenvalue weighted by atomic mass is 16.5. The molecule has 16 heavy (non-hydrogen) atoms. The van der Waals surface area contributed by atoms with Gasteiger partial charge in [-0.25, -0.2) is 0 Å². The summed E-state index contributed by atoms with van der Waals surface area (Å²) < 4.78 is 4.92. The van der Waals surface area contributed by atoms with Gasteiger partial charge in [-0.15, -0.1) is 0 Å². The van der Waals surface area contributed by atoms with Gasteiger partial charge in [0.05, 0.1) is 13.0 Å². The standard InChI is InChI=1S/C12H24N2O2/c1-4-16-12(15)7-10-14-8-5-11(6-9-14)13(2)3/h11H,4-10H2,1-3H3. The van der Waals surface area contributed by atoms with Crippen molar-refractivity contribution in [2.24, 2.45) is 0 Å². The van der Waals surface area contributed by atoms with E-state index in [9.17, 15) is 4.79 Å². The van der Waals surface area contributed by atoms with Crippen LogP contribution in [0.25, 0.3) is 0 Å². The molecule has 1 heterocycles. The number of esters is 1. The van der Waals surface area contributed by atoms with Crippen molar-refractivity contribution in [3.05, 3.63) is 0 Å². The summed E-state index contributed by atoms with van der Waals surface area (Å²) in [6.45, 7) is 5.38. The molecule has 0 radical (unpaired) electrons. The van der Waals surface area contributed by atoms with E-state index in [1.54, 1.807) is 0 Å². The molecule has 1 aliphatic rings. The summed E-state index contributed by atoms with van der Waals surface area (Å²) in [6, 6.07) is 0.707. The first-order chi connectivity index (χ1) is 7.63. The molecule has 0 bridgehead atoms. The topological polar surface area (TPSA) is 32.8 Å². The van der Waals surface area contributed by atoms with Crippen molar-refractivity contribution in [1.82, 2.24) is 9.80 Å². The number of likely N-dealkylation sites (tertiary alicyclic amines) is 1.